The number of benzene rings is 1. The molecule has 1 aliphatic heterocycles. The summed E-state index contributed by atoms with van der Waals surface area (Å²) in [5.74, 6) is -2.39. The molecule has 12 nitrogen and oxygen atoms in total. The Morgan fingerprint density at radius 3 is 2.62 bits per heavy atom. The molecule has 2 aromatic rings. The van der Waals surface area contributed by atoms with Crippen molar-refractivity contribution in [2.75, 3.05) is 12.3 Å². The van der Waals surface area contributed by atoms with E-state index in [1.165, 1.54) is 19.1 Å². The third kappa shape index (κ3) is 6.70. The molecule has 4 N–H and O–H groups in total. The van der Waals surface area contributed by atoms with Gasteiger partial charge in [0.25, 0.3) is 0 Å². The van der Waals surface area contributed by atoms with Crippen LogP contribution in [0.25, 0.3) is 0 Å². The highest BCUT2D eigenvalue weighted by molar-refractivity contribution is 7.52. The van der Waals surface area contributed by atoms with Crippen molar-refractivity contribution in [2.45, 2.75) is 63.9 Å². The molecule has 0 spiro atoms. The zero-order valence-corrected chi connectivity index (χ0v) is 21.4. The number of alkyl halides is 1. The lowest BCUT2D eigenvalue weighted by Gasteiger charge is -2.25. The minimum Gasteiger partial charge on any atom is -0.462 e. The number of nitrogens with one attached hydrogen (secondary N) is 1. The van der Waals surface area contributed by atoms with Crippen molar-refractivity contribution in [1.29, 1.82) is 0 Å². The number of ether oxygens (including phenoxy) is 2. The molecule has 1 saturated heterocycles. The number of carbonyl (C=O) groups excluding carboxylic acids is 1. The number of anilines is 1. The average Bonchev–Trinajstić information content (AvgIpc) is 3.03. The smallest absolute Gasteiger partial charge is 0.459 e. The molecule has 204 valence electrons. The van der Waals surface area contributed by atoms with Crippen LogP contribution in [0.4, 0.5) is 14.6 Å². The lowest BCUT2D eigenvalue weighted by molar-refractivity contribution is -0.149. The van der Waals surface area contributed by atoms with Gasteiger partial charge in [-0.25, -0.2) is 18.1 Å². The second kappa shape index (κ2) is 11.2. The van der Waals surface area contributed by atoms with Gasteiger partial charge in [0.2, 0.25) is 0 Å². The predicted octanol–water partition coefficient (Wildman–Crippen LogP) is 2.08. The Morgan fingerprint density at radius 1 is 1.35 bits per heavy atom. The van der Waals surface area contributed by atoms with Crippen molar-refractivity contribution in [3.63, 3.8) is 0 Å². The van der Waals surface area contributed by atoms with Gasteiger partial charge in [0.1, 0.15) is 24.0 Å². The first-order valence-corrected chi connectivity index (χ1v) is 12.8. The number of hydrogen-bond acceptors (Lipinski definition) is 10. The molecule has 37 heavy (non-hydrogen) atoms. The summed E-state index contributed by atoms with van der Waals surface area (Å²) in [5, 5.41) is 13.0. The first kappa shape index (κ1) is 28.7. The number of aromatic nitrogens is 2. The Hall–Kier alpha value is -2.90. The van der Waals surface area contributed by atoms with Gasteiger partial charge < -0.3 is 24.8 Å². The number of esters is 1. The topological polar surface area (TPSA) is 164 Å². The van der Waals surface area contributed by atoms with Gasteiger partial charge in [-0.3, -0.25) is 13.9 Å². The van der Waals surface area contributed by atoms with Crippen LogP contribution < -0.4 is 21.0 Å². The van der Waals surface area contributed by atoms with Crippen LogP contribution in [0.2, 0.25) is 0 Å². The molecule has 0 radical (unpaired) electrons. The molecule has 1 aromatic carbocycles. The molecule has 1 aliphatic rings. The van der Waals surface area contributed by atoms with Crippen LogP contribution in [0.1, 0.15) is 33.9 Å². The molecule has 15 heteroatoms. The fourth-order valence-electron chi connectivity index (χ4n) is 3.48. The van der Waals surface area contributed by atoms with Gasteiger partial charge in [-0.15, -0.1) is 0 Å². The van der Waals surface area contributed by atoms with Crippen LogP contribution >= 0.6 is 7.75 Å². The molecular formula is C22H29F2N4O8P. The molecule has 6 atom stereocenters. The summed E-state index contributed by atoms with van der Waals surface area (Å²) < 4.78 is 65.0. The monoisotopic (exact) mass is 546 g/mol. The van der Waals surface area contributed by atoms with E-state index in [9.17, 15) is 23.7 Å². The van der Waals surface area contributed by atoms with Gasteiger partial charge in [-0.05, 0) is 39.8 Å². The van der Waals surface area contributed by atoms with Gasteiger partial charge in [0.05, 0.1) is 18.9 Å². The second-order valence-electron chi connectivity index (χ2n) is 8.82. The average molecular weight is 546 g/mol. The van der Waals surface area contributed by atoms with Crippen LogP contribution in [-0.2, 0) is 23.4 Å². The number of aliphatic hydroxyl groups excluding tert-OH is 1. The number of hydrogen-bond donors (Lipinski definition) is 3. The summed E-state index contributed by atoms with van der Waals surface area (Å²) in [6.07, 6.45) is -5.04. The normalized spacial score (nSPS) is 26.0. The Kier molecular flexibility index (Phi) is 8.70. The standard InChI is InChI=1S/C22H29F2N4O8P/c1-12(2)34-19(30)13(3)27-37(32,36-14-8-6-5-7-9-14)33-11-16-17(29)22(4,24)20(35-16)28-10-15(23)18(25)26-21(28)31/h5-10,12-13,16-17,20,29H,11H2,1-4H3,(H,27,32)(H2,25,26,31)/t13-,16+,17-,20+,22?,37+/m0/s1. The van der Waals surface area contributed by atoms with E-state index in [4.69, 9.17) is 24.3 Å². The van der Waals surface area contributed by atoms with Crippen LogP contribution in [0, 0.1) is 5.82 Å². The minimum absolute atomic E-state index is 0.124. The summed E-state index contributed by atoms with van der Waals surface area (Å²) in [6, 6.07) is 6.73. The van der Waals surface area contributed by atoms with Crippen molar-refractivity contribution in [2.24, 2.45) is 0 Å². The summed E-state index contributed by atoms with van der Waals surface area (Å²) in [5.41, 5.74) is 1.54. The number of aliphatic hydroxyl groups is 1. The number of rotatable bonds is 10. The molecular weight excluding hydrogens is 517 g/mol. The van der Waals surface area contributed by atoms with Crippen molar-refractivity contribution in [1.82, 2.24) is 14.6 Å². The molecule has 1 fully saturated rings. The molecule has 1 unspecified atom stereocenters. The number of para-hydroxylation sites is 1. The van der Waals surface area contributed by atoms with E-state index in [1.807, 2.05) is 0 Å². The second-order valence-corrected chi connectivity index (χ2v) is 10.5. The molecule has 0 bridgehead atoms. The maximum Gasteiger partial charge on any atom is 0.459 e. The van der Waals surface area contributed by atoms with Crippen molar-refractivity contribution in [3.05, 3.63) is 52.8 Å². The first-order chi connectivity index (χ1) is 17.2. The van der Waals surface area contributed by atoms with E-state index in [0.29, 0.717) is 10.8 Å². The van der Waals surface area contributed by atoms with Gasteiger partial charge >= 0.3 is 19.4 Å². The van der Waals surface area contributed by atoms with E-state index >= 15 is 4.39 Å². The number of nitrogens with two attached hydrogens (primary N) is 1. The molecule has 1 aromatic heterocycles. The number of nitrogens with zero attached hydrogens (tertiary/aromatic N) is 2. The van der Waals surface area contributed by atoms with Crippen molar-refractivity contribution >= 4 is 19.5 Å². The van der Waals surface area contributed by atoms with Crippen LogP contribution in [0.5, 0.6) is 5.75 Å². The summed E-state index contributed by atoms with van der Waals surface area (Å²) in [7, 11) is -4.35. The van der Waals surface area contributed by atoms with Gasteiger partial charge in [-0.1, -0.05) is 18.2 Å². The maximum absolute atomic E-state index is 15.5. The number of nitrogen functional groups attached to an aromatic ring is 1. The highest BCUT2D eigenvalue weighted by Gasteiger charge is 2.56. The van der Waals surface area contributed by atoms with E-state index in [-0.39, 0.29) is 5.75 Å². The quantitative estimate of drug-likeness (QED) is 0.295. The van der Waals surface area contributed by atoms with Gasteiger partial charge in [0, 0.05) is 0 Å². The van der Waals surface area contributed by atoms with Crippen LogP contribution in [0.3, 0.4) is 0 Å². The summed E-state index contributed by atoms with van der Waals surface area (Å²) >= 11 is 0. The fourth-order valence-corrected chi connectivity index (χ4v) is 4.98. The third-order valence-corrected chi connectivity index (χ3v) is 6.98. The molecule has 0 aliphatic carbocycles. The van der Waals surface area contributed by atoms with Crippen molar-refractivity contribution in [3.8, 4) is 5.75 Å². The zero-order chi connectivity index (χ0) is 27.5. The third-order valence-electron chi connectivity index (χ3n) is 5.34. The molecule has 0 saturated carbocycles. The van der Waals surface area contributed by atoms with Crippen LogP contribution in [0.15, 0.2) is 41.3 Å². The number of halogens is 2. The SMILES string of the molecule is CC(C)OC(=O)[C@H](C)N[P@@](=O)(OC[C@H]1O[C@@H](n2cc(F)c(N)nc2=O)C(C)(F)[C@H]1O)Oc1ccccc1. The fraction of sp³-hybridized carbons (Fsp3) is 0.500. The molecule has 2 heterocycles. The highest BCUT2D eigenvalue weighted by atomic mass is 31.2. The van der Waals surface area contributed by atoms with E-state index in [0.717, 1.165) is 6.92 Å². The lowest BCUT2D eigenvalue weighted by atomic mass is 9.98. The lowest BCUT2D eigenvalue weighted by Crippen LogP contribution is -2.43. The zero-order valence-electron chi connectivity index (χ0n) is 20.5. The maximum atomic E-state index is 15.5. The largest absolute Gasteiger partial charge is 0.462 e. The van der Waals surface area contributed by atoms with Crippen molar-refractivity contribution < 1.29 is 41.8 Å². The predicted molar refractivity (Wildman–Crippen MR) is 127 cm³/mol. The van der Waals surface area contributed by atoms with E-state index in [2.05, 4.69) is 10.1 Å². The Balaban J connectivity index is 1.81. The van der Waals surface area contributed by atoms with Gasteiger partial charge in [0.15, 0.2) is 23.5 Å². The first-order valence-electron chi connectivity index (χ1n) is 11.3. The summed E-state index contributed by atoms with van der Waals surface area (Å²) in [6.45, 7) is 4.88. The summed E-state index contributed by atoms with van der Waals surface area (Å²) in [4.78, 5) is 27.7. The Labute approximate surface area is 211 Å². The van der Waals surface area contributed by atoms with Crippen LogP contribution in [-0.4, -0.2) is 57.3 Å². The highest BCUT2D eigenvalue weighted by Crippen LogP contribution is 2.47. The molecule has 0 amide bonds. The number of carbonyl (C=O) groups is 1. The minimum atomic E-state index is -4.35. The van der Waals surface area contributed by atoms with E-state index < -0.39 is 73.9 Å². The van der Waals surface area contributed by atoms with E-state index in [1.54, 1.807) is 32.0 Å². The Bertz CT molecular complexity index is 1210. The van der Waals surface area contributed by atoms with Gasteiger partial charge in [-0.2, -0.15) is 10.1 Å². The Morgan fingerprint density at radius 2 is 2.00 bits per heavy atom. The molecule has 3 rings (SSSR count).